The molecule has 0 unspecified atom stereocenters. The molecule has 34 heteroatoms. The normalized spacial score (nSPS) is 31.3. The number of rotatable bonds is 34. The summed E-state index contributed by atoms with van der Waals surface area (Å²) < 4.78 is 142. The third-order valence-electron chi connectivity index (χ3n) is 19.2. The predicted molar refractivity (Wildman–Crippen MR) is 405 cm³/mol. The Labute approximate surface area is 686 Å². The number of nitrogens with one attached hydrogen (secondary N) is 1. The van der Waals surface area contributed by atoms with Gasteiger partial charge in [0.05, 0.1) is 58.0 Å². The van der Waals surface area contributed by atoms with E-state index in [4.69, 9.17) is 139 Å². The largest absolute Gasteiger partial charge is 0.463 e. The van der Waals surface area contributed by atoms with E-state index in [1.165, 1.54) is 21.0 Å². The molecule has 5 aliphatic rings. The van der Waals surface area contributed by atoms with E-state index in [2.05, 4.69) is 5.32 Å². The maximum atomic E-state index is 14.6. The number of alkyl halides is 3. The van der Waals surface area contributed by atoms with Crippen molar-refractivity contribution < 1.29 is 143 Å². The molecule has 116 heavy (non-hydrogen) atoms. The van der Waals surface area contributed by atoms with Crippen molar-refractivity contribution in [3.63, 3.8) is 0 Å². The Hall–Kier alpha value is -7.87. The van der Waals surface area contributed by atoms with Crippen LogP contribution in [0.5, 0.6) is 0 Å². The molecule has 5 fully saturated rings. The quantitative estimate of drug-likeness (QED) is 0.0229. The third-order valence-corrected chi connectivity index (χ3v) is 19.7. The highest BCUT2D eigenvalue weighted by Crippen LogP contribution is 2.42. The van der Waals surface area contributed by atoms with Gasteiger partial charge in [-0.15, -0.1) is 0 Å². The first kappa shape index (κ1) is 90.5. The van der Waals surface area contributed by atoms with Crippen LogP contribution in [0.4, 0.5) is 0 Å². The van der Waals surface area contributed by atoms with Crippen LogP contribution in [-0.4, -0.2) is 225 Å². The highest BCUT2D eigenvalue weighted by molar-refractivity contribution is 6.76. The Morgan fingerprint density at radius 2 is 0.655 bits per heavy atom. The summed E-state index contributed by atoms with van der Waals surface area (Å²) >= 11 is 19.1. The van der Waals surface area contributed by atoms with Gasteiger partial charge < -0.3 is 110 Å². The van der Waals surface area contributed by atoms with E-state index in [9.17, 15) is 38.4 Å². The molecule has 0 aliphatic carbocycles. The standard InChI is InChI=1S/C82H98Cl3NO30/c1-44-62(98-38-55-29-19-13-20-30-55)69(114-78-72(101-41-58-35-25-16-26-36-58)68(100-40-57-33-23-15-24-34-57)65(99-39-56-31-21-14-22-32-56)59(112-78)42-96-37-54-27-17-12-18-28-54)73(77(95-11)102-44)116-80-75(71(109-52(9)92)64(46(3)104-80)106-49(6)89)115-76-61(86-81(94)82(83,84)85)67(66(107-50(7)90)60(111-76)43-97-47(4)87)113-79-74(110-53(10)93)70(108-51(8)91)63(45(2)103-79)105-48(5)88/h12-36,44-46,59-80H,37-43H2,1-11H3,(H,86,94)/t44-,45-,46-,59+,60+,61+,62-,63-,64-,65+,66+,67+,68-,69+,70+,71+,72+,73+,74+,75+,76-,77+,78+,79-,80-/m0/s1. The number of ether oxygens (including phenoxy) is 22. The number of carbonyl (C=O) groups is 8. The number of carbonyl (C=O) groups excluding carboxylic acids is 8. The number of esters is 7. The second-order valence-corrected chi connectivity index (χ2v) is 30.4. The van der Waals surface area contributed by atoms with Gasteiger partial charge in [0.15, 0.2) is 74.2 Å². The number of benzene rings is 5. The lowest BCUT2D eigenvalue weighted by Gasteiger charge is -2.52. The average Bonchev–Trinajstić information content (AvgIpc) is 0.757. The van der Waals surface area contributed by atoms with Crippen molar-refractivity contribution in [1.29, 1.82) is 0 Å². The molecule has 5 aromatic carbocycles. The number of halogens is 3. The zero-order valence-corrected chi connectivity index (χ0v) is 68.0. The molecule has 0 aromatic heterocycles. The van der Waals surface area contributed by atoms with Crippen LogP contribution < -0.4 is 5.32 Å². The molecule has 10 rings (SSSR count). The fourth-order valence-corrected chi connectivity index (χ4v) is 14.3. The van der Waals surface area contributed by atoms with Crippen molar-refractivity contribution in [2.75, 3.05) is 20.3 Å². The van der Waals surface area contributed by atoms with Crippen molar-refractivity contribution in [3.8, 4) is 0 Å². The molecule has 25 atom stereocenters. The molecule has 0 bridgehead atoms. The molecule has 0 radical (unpaired) electrons. The van der Waals surface area contributed by atoms with Gasteiger partial charge in [0.25, 0.3) is 9.70 Å². The molecule has 5 saturated heterocycles. The zero-order chi connectivity index (χ0) is 83.3. The van der Waals surface area contributed by atoms with Gasteiger partial charge in [0.1, 0.15) is 67.6 Å². The van der Waals surface area contributed by atoms with Crippen molar-refractivity contribution in [1.82, 2.24) is 5.32 Å². The Morgan fingerprint density at radius 3 is 1.10 bits per heavy atom. The molecular weight excluding hydrogens is 1590 g/mol. The van der Waals surface area contributed by atoms with Gasteiger partial charge in [-0.2, -0.15) is 0 Å². The molecule has 31 nitrogen and oxygen atoms in total. The number of hydrogen-bond acceptors (Lipinski definition) is 30. The van der Waals surface area contributed by atoms with E-state index in [1.807, 2.05) is 152 Å². The molecular formula is C82H98Cl3NO30. The summed E-state index contributed by atoms with van der Waals surface area (Å²) in [7, 11) is 1.34. The van der Waals surface area contributed by atoms with Gasteiger partial charge in [-0.1, -0.05) is 186 Å². The molecule has 5 aliphatic heterocycles. The van der Waals surface area contributed by atoms with Gasteiger partial charge in [-0.05, 0) is 48.6 Å². The van der Waals surface area contributed by atoms with Gasteiger partial charge in [-0.25, -0.2) is 0 Å². The van der Waals surface area contributed by atoms with E-state index in [1.54, 1.807) is 6.92 Å². The van der Waals surface area contributed by atoms with Crippen molar-refractivity contribution in [2.24, 2.45) is 0 Å². The van der Waals surface area contributed by atoms with E-state index >= 15 is 0 Å². The number of hydrogen-bond donors (Lipinski definition) is 1. The first-order valence-corrected chi connectivity index (χ1v) is 38.9. The van der Waals surface area contributed by atoms with Crippen LogP contribution in [0.15, 0.2) is 152 Å². The Morgan fingerprint density at radius 1 is 0.328 bits per heavy atom. The van der Waals surface area contributed by atoms with E-state index in [0.717, 1.165) is 76.3 Å². The van der Waals surface area contributed by atoms with E-state index < -0.39 is 212 Å². The zero-order valence-electron chi connectivity index (χ0n) is 65.7. The van der Waals surface area contributed by atoms with Crippen LogP contribution in [0, 0.1) is 0 Å². The van der Waals surface area contributed by atoms with Gasteiger partial charge in [0, 0.05) is 55.6 Å². The summed E-state index contributed by atoms with van der Waals surface area (Å²) in [6, 6.07) is 45.1. The summed E-state index contributed by atoms with van der Waals surface area (Å²) in [6.07, 6.45) is -37.9. The topological polar surface area (TPSA) is 352 Å². The summed E-state index contributed by atoms with van der Waals surface area (Å²) in [4.78, 5) is 107. The second kappa shape index (κ2) is 43.2. The lowest BCUT2D eigenvalue weighted by molar-refractivity contribution is -0.405. The number of amides is 1. The molecule has 632 valence electrons. The van der Waals surface area contributed by atoms with Crippen LogP contribution in [0.25, 0.3) is 0 Å². The molecule has 5 heterocycles. The van der Waals surface area contributed by atoms with E-state index in [-0.39, 0.29) is 39.6 Å². The summed E-state index contributed by atoms with van der Waals surface area (Å²) in [5, 5.41) is 2.54. The Balaban J connectivity index is 1.14. The molecule has 1 amide bonds. The first-order valence-electron chi connectivity index (χ1n) is 37.7. The molecule has 0 spiro atoms. The Kier molecular flexibility index (Phi) is 33.7. The monoisotopic (exact) mass is 1680 g/mol. The third kappa shape index (κ3) is 25.3. The van der Waals surface area contributed by atoms with Crippen molar-refractivity contribution in [3.05, 3.63) is 179 Å². The maximum absolute atomic E-state index is 14.6. The fraction of sp³-hybridized carbons (Fsp3) is 0.537. The minimum Gasteiger partial charge on any atom is -0.463 e. The minimum absolute atomic E-state index is 0.0281. The van der Waals surface area contributed by atoms with Crippen molar-refractivity contribution >= 4 is 82.5 Å². The average molecular weight is 1680 g/mol. The van der Waals surface area contributed by atoms with Crippen LogP contribution in [0.3, 0.4) is 0 Å². The predicted octanol–water partition coefficient (Wildman–Crippen LogP) is 8.42. The van der Waals surface area contributed by atoms with E-state index in [0.29, 0.717) is 0 Å². The fourth-order valence-electron chi connectivity index (χ4n) is 14.2. The second-order valence-electron chi connectivity index (χ2n) is 28.1. The SMILES string of the molecule is CO[C@@H]1O[C@@H](C)[C@H](OCc2ccccc2)[C@@H](O[C@H]2O[C@H](COCc3ccccc3)[C@@H](OCc3ccccc3)[C@H](OCc3ccccc3)[C@H]2OCc2ccccc2)[C@H]1O[C@@H]1O[C@@H](C)[C@H](OC(C)=O)[C@@H](OC(C)=O)[C@H]1O[C@@H]1O[C@H](COC(C)=O)[C@@H](OC(C)=O)[C@H](O[C@@H]2O[C@@H](C)[C@H](OC(C)=O)[C@@H](OC(C)=O)[C@H]2OC(C)=O)[C@H]1NC(=O)C(Cl)(Cl)Cl. The summed E-state index contributed by atoms with van der Waals surface area (Å²) in [5.74, 6) is -8.12. The van der Waals surface area contributed by atoms with Gasteiger partial charge in [0.2, 0.25) is 0 Å². The summed E-state index contributed by atoms with van der Waals surface area (Å²) in [5.41, 5.74) is 3.98. The highest BCUT2D eigenvalue weighted by atomic mass is 35.6. The lowest BCUT2D eigenvalue weighted by atomic mass is 9.94. The van der Waals surface area contributed by atoms with Crippen LogP contribution in [-0.2, 0) is 176 Å². The first-order chi connectivity index (χ1) is 55.5. The van der Waals surface area contributed by atoms with Gasteiger partial charge >= 0.3 is 41.8 Å². The summed E-state index contributed by atoms with van der Waals surface area (Å²) in [6.45, 7) is 11.1. The number of methoxy groups -OCH3 is 1. The lowest BCUT2D eigenvalue weighted by Crippen LogP contribution is -2.71. The minimum atomic E-state index is -2.88. The van der Waals surface area contributed by atoms with Crippen molar-refractivity contribution in [2.45, 2.75) is 260 Å². The maximum Gasteiger partial charge on any atom is 0.303 e. The molecule has 1 N–H and O–H groups in total. The van der Waals surface area contributed by atoms with Gasteiger partial charge in [-0.3, -0.25) is 38.4 Å². The van der Waals surface area contributed by atoms with Crippen LogP contribution >= 0.6 is 34.8 Å². The molecule has 5 aromatic rings. The molecule has 0 saturated carbocycles. The Bertz CT molecular complexity index is 3970. The van der Waals surface area contributed by atoms with Crippen LogP contribution in [0.2, 0.25) is 0 Å². The highest BCUT2D eigenvalue weighted by Gasteiger charge is 2.62. The smallest absolute Gasteiger partial charge is 0.303 e. The van der Waals surface area contributed by atoms with Crippen LogP contribution in [0.1, 0.15) is 97.1 Å².